The number of nitrogens with one attached hydrogen (secondary N) is 2. The van der Waals surface area contributed by atoms with Crippen LogP contribution in [0.25, 0.3) is 11.3 Å². The highest BCUT2D eigenvalue weighted by Crippen LogP contribution is 2.26. The van der Waals surface area contributed by atoms with Crippen molar-refractivity contribution in [1.82, 2.24) is 5.16 Å². The van der Waals surface area contributed by atoms with Gasteiger partial charge in [0.05, 0.1) is 17.2 Å². The summed E-state index contributed by atoms with van der Waals surface area (Å²) in [6.07, 6.45) is 0. The number of carbonyl (C=O) groups excluding carboxylic acids is 2. The Kier molecular flexibility index (Phi) is 5.63. The quantitative estimate of drug-likeness (QED) is 0.590. The molecular formula is C18H13Cl2N3O4. The number of hydrogen-bond acceptors (Lipinski definition) is 5. The number of benzene rings is 2. The Morgan fingerprint density at radius 2 is 1.74 bits per heavy atom. The molecule has 3 rings (SSSR count). The van der Waals surface area contributed by atoms with E-state index in [1.807, 2.05) is 0 Å². The highest BCUT2D eigenvalue weighted by Gasteiger charge is 2.14. The van der Waals surface area contributed by atoms with E-state index in [1.54, 1.807) is 42.5 Å². The van der Waals surface area contributed by atoms with Crippen molar-refractivity contribution >= 4 is 46.6 Å². The number of methoxy groups -OCH3 is 1. The Balaban J connectivity index is 1.71. The van der Waals surface area contributed by atoms with Crippen LogP contribution in [0.1, 0.15) is 10.5 Å². The lowest BCUT2D eigenvalue weighted by molar-refractivity contribution is 0.0589. The molecule has 0 aliphatic heterocycles. The van der Waals surface area contributed by atoms with Crippen molar-refractivity contribution in [2.75, 3.05) is 17.7 Å². The van der Waals surface area contributed by atoms with Gasteiger partial charge in [0, 0.05) is 23.0 Å². The Bertz CT molecular complexity index is 1000. The summed E-state index contributed by atoms with van der Waals surface area (Å²) in [5.74, 6) is -0.232. The Morgan fingerprint density at radius 3 is 2.44 bits per heavy atom. The number of ether oxygens (including phenoxy) is 1. The van der Waals surface area contributed by atoms with Gasteiger partial charge in [-0.2, -0.15) is 0 Å². The molecule has 2 N–H and O–H groups in total. The van der Waals surface area contributed by atoms with Gasteiger partial charge in [0.15, 0.2) is 11.5 Å². The van der Waals surface area contributed by atoms with Crippen molar-refractivity contribution in [1.29, 1.82) is 0 Å². The van der Waals surface area contributed by atoms with Gasteiger partial charge in [0.25, 0.3) is 0 Å². The maximum absolute atomic E-state index is 12.2. The Morgan fingerprint density at radius 1 is 1.00 bits per heavy atom. The SMILES string of the molecule is COC(=O)c1cc(-c2cccc(NC(=O)Nc3ccc(Cl)c(Cl)c3)c2)on1. The first kappa shape index (κ1) is 18.8. The van der Waals surface area contributed by atoms with E-state index in [-0.39, 0.29) is 5.69 Å². The van der Waals surface area contributed by atoms with Gasteiger partial charge in [-0.05, 0) is 30.3 Å². The van der Waals surface area contributed by atoms with E-state index in [2.05, 4.69) is 20.5 Å². The van der Waals surface area contributed by atoms with Gasteiger partial charge in [-0.15, -0.1) is 0 Å². The van der Waals surface area contributed by atoms with Crippen LogP contribution in [0.4, 0.5) is 16.2 Å². The van der Waals surface area contributed by atoms with Crippen LogP contribution in [0.5, 0.6) is 0 Å². The molecule has 0 saturated heterocycles. The number of amides is 2. The average Bonchev–Trinajstić information content (AvgIpc) is 3.14. The molecule has 138 valence electrons. The van der Waals surface area contributed by atoms with Crippen LogP contribution in [-0.4, -0.2) is 24.3 Å². The molecular weight excluding hydrogens is 393 g/mol. The number of halogens is 2. The number of anilines is 2. The number of nitrogens with zero attached hydrogens (tertiary/aromatic N) is 1. The number of rotatable bonds is 4. The lowest BCUT2D eigenvalue weighted by atomic mass is 10.1. The van der Waals surface area contributed by atoms with Gasteiger partial charge in [0.1, 0.15) is 0 Å². The molecule has 0 unspecified atom stereocenters. The molecule has 3 aromatic rings. The van der Waals surface area contributed by atoms with Crippen molar-refractivity contribution in [2.45, 2.75) is 0 Å². The summed E-state index contributed by atoms with van der Waals surface area (Å²) in [7, 11) is 1.26. The molecule has 2 aromatic carbocycles. The summed E-state index contributed by atoms with van der Waals surface area (Å²) >= 11 is 11.8. The number of carbonyl (C=O) groups is 2. The van der Waals surface area contributed by atoms with Crippen LogP contribution in [-0.2, 0) is 4.74 Å². The van der Waals surface area contributed by atoms with Gasteiger partial charge in [-0.25, -0.2) is 9.59 Å². The van der Waals surface area contributed by atoms with E-state index in [0.29, 0.717) is 32.7 Å². The summed E-state index contributed by atoms with van der Waals surface area (Å²) in [5.41, 5.74) is 1.70. The summed E-state index contributed by atoms with van der Waals surface area (Å²) < 4.78 is 9.74. The van der Waals surface area contributed by atoms with E-state index in [0.717, 1.165) is 0 Å². The highest BCUT2D eigenvalue weighted by molar-refractivity contribution is 6.42. The van der Waals surface area contributed by atoms with Crippen molar-refractivity contribution < 1.29 is 18.8 Å². The molecule has 0 atom stereocenters. The number of hydrogen-bond donors (Lipinski definition) is 2. The van der Waals surface area contributed by atoms with Crippen LogP contribution < -0.4 is 10.6 Å². The lowest BCUT2D eigenvalue weighted by Gasteiger charge is -2.09. The maximum atomic E-state index is 12.2. The predicted molar refractivity (Wildman–Crippen MR) is 102 cm³/mol. The average molecular weight is 406 g/mol. The fourth-order valence-electron chi connectivity index (χ4n) is 2.23. The first-order valence-electron chi connectivity index (χ1n) is 7.65. The molecule has 2 amide bonds. The van der Waals surface area contributed by atoms with Crippen molar-refractivity contribution in [3.63, 3.8) is 0 Å². The molecule has 0 saturated carbocycles. The smallest absolute Gasteiger partial charge is 0.360 e. The minimum absolute atomic E-state index is 0.0585. The third-order valence-electron chi connectivity index (χ3n) is 3.49. The third-order valence-corrected chi connectivity index (χ3v) is 4.23. The Labute approximate surface area is 164 Å². The highest BCUT2D eigenvalue weighted by atomic mass is 35.5. The largest absolute Gasteiger partial charge is 0.464 e. The molecule has 1 heterocycles. The minimum atomic E-state index is -0.597. The van der Waals surface area contributed by atoms with E-state index in [9.17, 15) is 9.59 Å². The Hall–Kier alpha value is -3.03. The zero-order valence-corrected chi connectivity index (χ0v) is 15.5. The monoisotopic (exact) mass is 405 g/mol. The second-order valence-electron chi connectivity index (χ2n) is 5.36. The first-order chi connectivity index (χ1) is 13.0. The zero-order valence-electron chi connectivity index (χ0n) is 14.0. The zero-order chi connectivity index (χ0) is 19.4. The van der Waals surface area contributed by atoms with E-state index >= 15 is 0 Å². The molecule has 9 heteroatoms. The summed E-state index contributed by atoms with van der Waals surface area (Å²) in [5, 5.41) is 9.74. The van der Waals surface area contributed by atoms with Crippen LogP contribution in [0.2, 0.25) is 10.0 Å². The van der Waals surface area contributed by atoms with Gasteiger partial charge >= 0.3 is 12.0 Å². The molecule has 0 bridgehead atoms. The molecule has 0 radical (unpaired) electrons. The number of urea groups is 1. The van der Waals surface area contributed by atoms with Crippen molar-refractivity contribution in [3.05, 3.63) is 64.3 Å². The standard InChI is InChI=1S/C18H13Cl2N3O4/c1-26-17(24)15-9-16(27-23-15)10-3-2-4-11(7-10)21-18(25)22-12-5-6-13(19)14(20)8-12/h2-9H,1H3,(H2,21,22,25). The number of esters is 1. The first-order valence-corrected chi connectivity index (χ1v) is 8.40. The predicted octanol–water partition coefficient (Wildman–Crippen LogP) is 5.08. The second-order valence-corrected chi connectivity index (χ2v) is 6.17. The van der Waals surface area contributed by atoms with E-state index in [1.165, 1.54) is 13.2 Å². The third kappa shape index (κ3) is 4.58. The van der Waals surface area contributed by atoms with E-state index in [4.69, 9.17) is 27.7 Å². The van der Waals surface area contributed by atoms with Crippen LogP contribution in [0, 0.1) is 0 Å². The van der Waals surface area contributed by atoms with Gasteiger partial charge in [0.2, 0.25) is 0 Å². The fraction of sp³-hybridized carbons (Fsp3) is 0.0556. The molecule has 0 fully saturated rings. The molecule has 0 aliphatic rings. The van der Waals surface area contributed by atoms with Crippen molar-refractivity contribution in [2.24, 2.45) is 0 Å². The van der Waals surface area contributed by atoms with E-state index < -0.39 is 12.0 Å². The number of aromatic nitrogens is 1. The van der Waals surface area contributed by atoms with Crippen molar-refractivity contribution in [3.8, 4) is 11.3 Å². The van der Waals surface area contributed by atoms with Gasteiger partial charge < -0.3 is 19.9 Å². The minimum Gasteiger partial charge on any atom is -0.464 e. The second kappa shape index (κ2) is 8.11. The molecule has 7 nitrogen and oxygen atoms in total. The van der Waals surface area contributed by atoms with Gasteiger partial charge in [-0.1, -0.05) is 40.5 Å². The van der Waals surface area contributed by atoms with Gasteiger partial charge in [-0.3, -0.25) is 0 Å². The molecule has 1 aromatic heterocycles. The molecule has 0 aliphatic carbocycles. The molecule has 0 spiro atoms. The molecule has 27 heavy (non-hydrogen) atoms. The lowest BCUT2D eigenvalue weighted by Crippen LogP contribution is -2.19. The summed E-state index contributed by atoms with van der Waals surface area (Å²) in [6.45, 7) is 0. The summed E-state index contributed by atoms with van der Waals surface area (Å²) in [6, 6.07) is 12.6. The topological polar surface area (TPSA) is 93.5 Å². The van der Waals surface area contributed by atoms with Crippen LogP contribution in [0.15, 0.2) is 53.1 Å². The fourth-order valence-corrected chi connectivity index (χ4v) is 2.53. The maximum Gasteiger partial charge on any atom is 0.360 e. The normalized spacial score (nSPS) is 10.3. The summed E-state index contributed by atoms with van der Waals surface area (Å²) in [4.78, 5) is 23.6. The van der Waals surface area contributed by atoms with Crippen LogP contribution in [0.3, 0.4) is 0 Å². The van der Waals surface area contributed by atoms with Crippen LogP contribution >= 0.6 is 23.2 Å².